The summed E-state index contributed by atoms with van der Waals surface area (Å²) >= 11 is 0. The first-order chi connectivity index (χ1) is 16.8. The van der Waals surface area contributed by atoms with E-state index >= 15 is 0 Å². The van der Waals surface area contributed by atoms with Crippen molar-refractivity contribution >= 4 is 20.0 Å². The Bertz CT molecular complexity index is 1360. The van der Waals surface area contributed by atoms with E-state index in [-0.39, 0.29) is 41.3 Å². The van der Waals surface area contributed by atoms with Gasteiger partial charge in [0.1, 0.15) is 16.7 Å². The Labute approximate surface area is 214 Å². The number of aromatic nitrogens is 2. The third kappa shape index (κ3) is 5.92. The molecule has 0 bridgehead atoms. The van der Waals surface area contributed by atoms with Crippen molar-refractivity contribution in [3.05, 3.63) is 36.3 Å². The first kappa shape index (κ1) is 28.1. The molecule has 0 radical (unpaired) electrons. The molecule has 0 amide bonds. The molecule has 1 aromatic carbocycles. The summed E-state index contributed by atoms with van der Waals surface area (Å²) in [5.74, 6) is 5.88. The average Bonchev–Trinajstić information content (AvgIpc) is 3.26. The molecular weight excluding hydrogens is 504 g/mol. The van der Waals surface area contributed by atoms with E-state index in [1.165, 1.54) is 29.9 Å². The highest BCUT2D eigenvalue weighted by Gasteiger charge is 2.39. The second-order valence-electron chi connectivity index (χ2n) is 9.49. The molecule has 1 aliphatic heterocycles. The molecule has 0 fully saturated rings. The predicted molar refractivity (Wildman–Crippen MR) is 135 cm³/mol. The molecule has 2 aromatic rings. The predicted octanol–water partition coefficient (Wildman–Crippen LogP) is 1.52. The van der Waals surface area contributed by atoms with Gasteiger partial charge in [-0.3, -0.25) is 0 Å². The molecule has 3 rings (SSSR count). The lowest BCUT2D eigenvalue weighted by Gasteiger charge is -2.37. The summed E-state index contributed by atoms with van der Waals surface area (Å²) in [5.41, 5.74) is 0.584. The molecule has 0 unspecified atom stereocenters. The molecule has 2 heterocycles. The minimum Gasteiger partial charge on any atom is -0.487 e. The highest BCUT2D eigenvalue weighted by atomic mass is 32.2. The van der Waals surface area contributed by atoms with Gasteiger partial charge < -0.3 is 14.4 Å². The molecule has 0 spiro atoms. The number of imidazole rings is 1. The first-order valence-electron chi connectivity index (χ1n) is 11.7. The number of likely N-dealkylation sites (N-methyl/N-ethyl adjacent to an activating group) is 1. The molecule has 10 nitrogen and oxygen atoms in total. The fourth-order valence-electron chi connectivity index (χ4n) is 3.78. The standard InChI is InChI=1S/C24H34N4O6S2/c1-17(2)7-8-20-9-10-23-21(11-20)34-22(18(3)12-28(19(4)15-29)35(23,30)31)13-27(6)36(32,33)24-14-26(5)16-25-24/h9-11,14,16-19,22,29H,12-13,15H2,1-6H3/t18-,19-,22+/m1/s1. The number of nitrogens with zero attached hydrogens (tertiary/aromatic N) is 4. The number of ether oxygens (including phenoxy) is 1. The van der Waals surface area contributed by atoms with E-state index in [0.717, 1.165) is 4.31 Å². The topological polar surface area (TPSA) is 122 Å². The van der Waals surface area contributed by atoms with Gasteiger partial charge in [-0.05, 0) is 25.1 Å². The molecule has 1 aromatic heterocycles. The Morgan fingerprint density at radius 1 is 1.31 bits per heavy atom. The minimum atomic E-state index is -4.00. The van der Waals surface area contributed by atoms with Gasteiger partial charge in [0.2, 0.25) is 10.0 Å². The number of hydrogen-bond donors (Lipinski definition) is 1. The van der Waals surface area contributed by atoms with Gasteiger partial charge in [0.15, 0.2) is 5.03 Å². The van der Waals surface area contributed by atoms with Crippen molar-refractivity contribution in [1.82, 2.24) is 18.2 Å². The van der Waals surface area contributed by atoms with Gasteiger partial charge in [0, 0.05) is 50.3 Å². The zero-order valence-corrected chi connectivity index (χ0v) is 23.0. The van der Waals surface area contributed by atoms with Gasteiger partial charge in [-0.1, -0.05) is 32.6 Å². The third-order valence-electron chi connectivity index (χ3n) is 5.97. The van der Waals surface area contributed by atoms with Crippen LogP contribution in [0.5, 0.6) is 5.75 Å². The van der Waals surface area contributed by atoms with Crippen LogP contribution in [0.15, 0.2) is 40.6 Å². The minimum absolute atomic E-state index is 0.0389. The summed E-state index contributed by atoms with van der Waals surface area (Å²) in [4.78, 5) is 3.91. The van der Waals surface area contributed by atoms with Crippen molar-refractivity contribution in [2.45, 2.75) is 49.8 Å². The van der Waals surface area contributed by atoms with Crippen LogP contribution in [0.25, 0.3) is 0 Å². The molecule has 0 aliphatic carbocycles. The van der Waals surface area contributed by atoms with Crippen LogP contribution in [-0.4, -0.2) is 79.0 Å². The second kappa shape index (κ2) is 10.9. The van der Waals surface area contributed by atoms with Crippen LogP contribution in [0.2, 0.25) is 0 Å². The molecule has 1 aliphatic rings. The van der Waals surface area contributed by atoms with E-state index in [9.17, 15) is 21.9 Å². The molecule has 0 saturated carbocycles. The summed E-state index contributed by atoms with van der Waals surface area (Å²) in [6.45, 7) is 6.96. The number of fused-ring (bicyclic) bond motifs is 1. The van der Waals surface area contributed by atoms with E-state index < -0.39 is 38.1 Å². The van der Waals surface area contributed by atoms with Gasteiger partial charge in [-0.25, -0.2) is 21.8 Å². The number of sulfonamides is 2. The van der Waals surface area contributed by atoms with Crippen LogP contribution in [0, 0.1) is 23.7 Å². The Morgan fingerprint density at radius 3 is 2.58 bits per heavy atom. The average molecular weight is 539 g/mol. The van der Waals surface area contributed by atoms with Crippen molar-refractivity contribution in [2.75, 3.05) is 26.7 Å². The van der Waals surface area contributed by atoms with Crippen molar-refractivity contribution in [2.24, 2.45) is 18.9 Å². The number of rotatable bonds is 6. The monoisotopic (exact) mass is 538 g/mol. The lowest BCUT2D eigenvalue weighted by Crippen LogP contribution is -2.50. The van der Waals surface area contributed by atoms with Crippen LogP contribution in [0.1, 0.15) is 33.3 Å². The number of hydrogen-bond acceptors (Lipinski definition) is 7. The van der Waals surface area contributed by atoms with Crippen molar-refractivity contribution in [1.29, 1.82) is 0 Å². The smallest absolute Gasteiger partial charge is 0.261 e. The summed E-state index contributed by atoms with van der Waals surface area (Å²) < 4.78 is 63.5. The summed E-state index contributed by atoms with van der Waals surface area (Å²) in [7, 11) is -4.78. The summed E-state index contributed by atoms with van der Waals surface area (Å²) in [5, 5.41) is 9.69. The highest BCUT2D eigenvalue weighted by molar-refractivity contribution is 7.89. The van der Waals surface area contributed by atoms with E-state index in [0.29, 0.717) is 5.56 Å². The number of aliphatic hydroxyl groups is 1. The molecule has 0 saturated heterocycles. The van der Waals surface area contributed by atoms with Crippen LogP contribution in [-0.2, 0) is 27.1 Å². The Kier molecular flexibility index (Phi) is 8.52. The molecule has 198 valence electrons. The van der Waals surface area contributed by atoms with E-state index in [1.54, 1.807) is 37.6 Å². The Morgan fingerprint density at radius 2 is 2.00 bits per heavy atom. The van der Waals surface area contributed by atoms with Crippen LogP contribution in [0.3, 0.4) is 0 Å². The number of benzene rings is 1. The van der Waals surface area contributed by atoms with Gasteiger partial charge in [-0.2, -0.15) is 8.61 Å². The largest absolute Gasteiger partial charge is 0.487 e. The van der Waals surface area contributed by atoms with E-state index in [2.05, 4.69) is 16.8 Å². The summed E-state index contributed by atoms with van der Waals surface area (Å²) in [6.07, 6.45) is 2.13. The van der Waals surface area contributed by atoms with Gasteiger partial charge in [0.25, 0.3) is 10.0 Å². The molecule has 1 N–H and O–H groups in total. The molecule has 12 heteroatoms. The Balaban J connectivity index is 2.06. The van der Waals surface area contributed by atoms with Gasteiger partial charge in [0.05, 0.1) is 19.5 Å². The van der Waals surface area contributed by atoms with Gasteiger partial charge >= 0.3 is 0 Å². The first-order valence-corrected chi connectivity index (χ1v) is 14.5. The van der Waals surface area contributed by atoms with Crippen molar-refractivity contribution < 1.29 is 26.7 Å². The van der Waals surface area contributed by atoms with Crippen molar-refractivity contribution in [3.8, 4) is 17.6 Å². The van der Waals surface area contributed by atoms with Crippen LogP contribution >= 0.6 is 0 Å². The zero-order chi connectivity index (χ0) is 26.8. The number of aryl methyl sites for hydroxylation is 1. The van der Waals surface area contributed by atoms with E-state index in [4.69, 9.17) is 4.74 Å². The summed E-state index contributed by atoms with van der Waals surface area (Å²) in [6, 6.07) is 3.96. The second-order valence-corrected chi connectivity index (χ2v) is 13.3. The normalized spacial score (nSPS) is 21.1. The lowest BCUT2D eigenvalue weighted by atomic mass is 10.0. The zero-order valence-electron chi connectivity index (χ0n) is 21.4. The quantitative estimate of drug-likeness (QED) is 0.554. The maximum absolute atomic E-state index is 13.6. The molecule has 3 atom stereocenters. The van der Waals surface area contributed by atoms with Crippen LogP contribution in [0.4, 0.5) is 0 Å². The maximum Gasteiger partial charge on any atom is 0.261 e. The lowest BCUT2D eigenvalue weighted by molar-refractivity contribution is 0.0904. The van der Waals surface area contributed by atoms with Crippen LogP contribution < -0.4 is 4.74 Å². The van der Waals surface area contributed by atoms with Gasteiger partial charge in [-0.15, -0.1) is 0 Å². The molecule has 36 heavy (non-hydrogen) atoms. The maximum atomic E-state index is 13.6. The molecular formula is C24H34N4O6S2. The Hall–Kier alpha value is -2.43. The number of aliphatic hydroxyl groups excluding tert-OH is 1. The third-order valence-corrected chi connectivity index (χ3v) is 9.69. The van der Waals surface area contributed by atoms with E-state index in [1.807, 2.05) is 13.8 Å². The fourth-order valence-corrected chi connectivity index (χ4v) is 6.75. The fraction of sp³-hybridized carbons (Fsp3) is 0.542. The highest BCUT2D eigenvalue weighted by Crippen LogP contribution is 2.34. The SMILES string of the molecule is CC(C)C#Cc1ccc2c(c1)O[C@@H](CN(C)S(=O)(=O)c1cn(C)cn1)[C@H](C)CN([C@H](C)CO)S2(=O)=O. The van der Waals surface area contributed by atoms with Crippen molar-refractivity contribution in [3.63, 3.8) is 0 Å².